The third-order valence-electron chi connectivity index (χ3n) is 4.27. The van der Waals surface area contributed by atoms with Crippen molar-refractivity contribution in [1.82, 2.24) is 0 Å². The van der Waals surface area contributed by atoms with E-state index in [0.717, 1.165) is 5.56 Å². The van der Waals surface area contributed by atoms with Crippen molar-refractivity contribution in [2.75, 3.05) is 12.4 Å². The molecule has 7 heteroatoms. The molecule has 3 aromatic carbocycles. The number of halogens is 2. The molecule has 0 fully saturated rings. The molecule has 0 aliphatic rings. The minimum atomic E-state index is -0.621. The monoisotopic (exact) mass is 420 g/mol. The van der Waals surface area contributed by atoms with Crippen LogP contribution in [0.2, 0.25) is 0 Å². The SMILES string of the molecule is COc1cc(/C=C(/C#N)C(=O)Nc2ccc(F)cc2)ccc1OCc1ccc(F)cc1. The topological polar surface area (TPSA) is 71.3 Å². The van der Waals surface area contributed by atoms with Crippen molar-refractivity contribution in [2.24, 2.45) is 0 Å². The molecule has 1 amide bonds. The maximum absolute atomic E-state index is 13.0. The van der Waals surface area contributed by atoms with Crippen molar-refractivity contribution in [3.63, 3.8) is 0 Å². The summed E-state index contributed by atoms with van der Waals surface area (Å²) in [5.74, 6) is -0.507. The van der Waals surface area contributed by atoms with Gasteiger partial charge in [-0.1, -0.05) is 18.2 Å². The summed E-state index contributed by atoms with van der Waals surface area (Å²) in [5.41, 5.74) is 1.58. The maximum Gasteiger partial charge on any atom is 0.266 e. The molecule has 0 heterocycles. The number of methoxy groups -OCH3 is 1. The van der Waals surface area contributed by atoms with Crippen LogP contribution in [0.1, 0.15) is 11.1 Å². The Hall–Kier alpha value is -4.18. The zero-order chi connectivity index (χ0) is 22.2. The van der Waals surface area contributed by atoms with Crippen LogP contribution in [-0.2, 0) is 11.4 Å². The zero-order valence-electron chi connectivity index (χ0n) is 16.6. The highest BCUT2D eigenvalue weighted by Gasteiger charge is 2.11. The Morgan fingerprint density at radius 3 is 2.26 bits per heavy atom. The van der Waals surface area contributed by atoms with Crippen LogP contribution in [0.5, 0.6) is 11.5 Å². The Bertz CT molecular complexity index is 1130. The van der Waals surface area contributed by atoms with Gasteiger partial charge in [0, 0.05) is 5.69 Å². The van der Waals surface area contributed by atoms with Crippen LogP contribution in [0.4, 0.5) is 14.5 Å². The molecule has 0 saturated heterocycles. The zero-order valence-corrected chi connectivity index (χ0v) is 16.6. The standard InChI is InChI=1S/C24H18F2N2O3/c1-30-23-13-17(4-11-22(23)31-15-16-2-5-19(25)6-3-16)12-18(14-27)24(29)28-21-9-7-20(26)8-10-21/h2-13H,15H2,1H3,(H,28,29)/b18-12-. The second-order valence-corrected chi connectivity index (χ2v) is 6.46. The summed E-state index contributed by atoms with van der Waals surface area (Å²) in [5, 5.41) is 11.9. The third-order valence-corrected chi connectivity index (χ3v) is 4.27. The van der Waals surface area contributed by atoms with Gasteiger partial charge in [0.2, 0.25) is 0 Å². The molecule has 3 aromatic rings. The van der Waals surface area contributed by atoms with Crippen molar-refractivity contribution in [1.29, 1.82) is 5.26 Å². The third kappa shape index (κ3) is 5.90. The number of anilines is 1. The average Bonchev–Trinajstić information content (AvgIpc) is 2.78. The van der Waals surface area contributed by atoms with Crippen molar-refractivity contribution in [2.45, 2.75) is 6.61 Å². The highest BCUT2D eigenvalue weighted by molar-refractivity contribution is 6.09. The second-order valence-electron chi connectivity index (χ2n) is 6.46. The Kier molecular flexibility index (Phi) is 6.97. The highest BCUT2D eigenvalue weighted by Crippen LogP contribution is 2.30. The molecule has 0 unspecified atom stereocenters. The molecule has 5 nitrogen and oxygen atoms in total. The number of hydrogen-bond donors (Lipinski definition) is 1. The van der Waals surface area contributed by atoms with Crippen molar-refractivity contribution in [3.05, 3.63) is 95.1 Å². The van der Waals surface area contributed by atoms with Crippen molar-refractivity contribution in [3.8, 4) is 17.6 Å². The largest absolute Gasteiger partial charge is 0.493 e. The first kappa shape index (κ1) is 21.5. The van der Waals surface area contributed by atoms with Crippen LogP contribution in [-0.4, -0.2) is 13.0 Å². The van der Waals surface area contributed by atoms with Gasteiger partial charge in [0.25, 0.3) is 5.91 Å². The second kappa shape index (κ2) is 10.0. The van der Waals surface area contributed by atoms with E-state index >= 15 is 0 Å². The number of nitrogens with one attached hydrogen (secondary N) is 1. The van der Waals surface area contributed by atoms with E-state index < -0.39 is 11.7 Å². The lowest BCUT2D eigenvalue weighted by Crippen LogP contribution is -2.13. The predicted molar refractivity (Wildman–Crippen MR) is 112 cm³/mol. The first-order valence-corrected chi connectivity index (χ1v) is 9.22. The van der Waals surface area contributed by atoms with E-state index in [-0.39, 0.29) is 18.0 Å². The molecule has 31 heavy (non-hydrogen) atoms. The van der Waals surface area contributed by atoms with Crippen LogP contribution in [0.15, 0.2) is 72.3 Å². The minimum Gasteiger partial charge on any atom is -0.493 e. The van der Waals surface area contributed by atoms with E-state index in [2.05, 4.69) is 5.32 Å². The normalized spacial score (nSPS) is 10.8. The fourth-order valence-corrected chi connectivity index (χ4v) is 2.68. The average molecular weight is 420 g/mol. The molecule has 0 aliphatic carbocycles. The number of rotatable bonds is 7. The van der Waals surface area contributed by atoms with Crippen LogP contribution < -0.4 is 14.8 Å². The minimum absolute atomic E-state index is 0.133. The highest BCUT2D eigenvalue weighted by atomic mass is 19.1. The number of hydrogen-bond acceptors (Lipinski definition) is 4. The first-order valence-electron chi connectivity index (χ1n) is 9.22. The van der Waals surface area contributed by atoms with Gasteiger partial charge in [0.1, 0.15) is 29.9 Å². The molecule has 1 N–H and O–H groups in total. The molecule has 0 spiro atoms. The smallest absolute Gasteiger partial charge is 0.266 e. The van der Waals surface area contributed by atoms with Gasteiger partial charge in [-0.3, -0.25) is 4.79 Å². The van der Waals surface area contributed by atoms with Crippen LogP contribution in [0.25, 0.3) is 6.08 Å². The fourth-order valence-electron chi connectivity index (χ4n) is 2.68. The summed E-state index contributed by atoms with van der Waals surface area (Å²) in [6.45, 7) is 0.218. The van der Waals surface area contributed by atoms with Gasteiger partial charge in [-0.15, -0.1) is 0 Å². The summed E-state index contributed by atoms with van der Waals surface area (Å²) < 4.78 is 37.1. The predicted octanol–water partition coefficient (Wildman–Crippen LogP) is 5.10. The van der Waals surface area contributed by atoms with Gasteiger partial charge in [-0.25, -0.2) is 8.78 Å². The first-order chi connectivity index (χ1) is 15.0. The number of carbonyl (C=O) groups is 1. The molecule has 0 aromatic heterocycles. The number of ether oxygens (including phenoxy) is 2. The van der Waals surface area contributed by atoms with Gasteiger partial charge in [-0.05, 0) is 65.7 Å². The number of nitrogens with zero attached hydrogens (tertiary/aromatic N) is 1. The molecular formula is C24H18F2N2O3. The lowest BCUT2D eigenvalue weighted by Gasteiger charge is -2.12. The fraction of sp³-hybridized carbons (Fsp3) is 0.0833. The molecule has 0 aliphatic heterocycles. The quantitative estimate of drug-likeness (QED) is 0.427. The van der Waals surface area contributed by atoms with Gasteiger partial charge in [-0.2, -0.15) is 5.26 Å². The van der Waals surface area contributed by atoms with Crippen molar-refractivity contribution < 1.29 is 23.0 Å². The summed E-state index contributed by atoms with van der Waals surface area (Å²) in [4.78, 5) is 12.4. The van der Waals surface area contributed by atoms with Crippen LogP contribution in [0.3, 0.4) is 0 Å². The molecule has 0 bridgehead atoms. The lowest BCUT2D eigenvalue weighted by molar-refractivity contribution is -0.112. The molecule has 3 rings (SSSR count). The number of carbonyl (C=O) groups excluding carboxylic acids is 1. The summed E-state index contributed by atoms with van der Waals surface area (Å²) in [6.07, 6.45) is 1.41. The van der Waals surface area contributed by atoms with E-state index in [9.17, 15) is 18.8 Å². The van der Waals surface area contributed by atoms with E-state index in [1.165, 1.54) is 49.6 Å². The van der Waals surface area contributed by atoms with Gasteiger partial charge in [0.05, 0.1) is 7.11 Å². The number of amides is 1. The van der Waals surface area contributed by atoms with E-state index in [1.54, 1.807) is 30.3 Å². The van der Waals surface area contributed by atoms with Crippen LogP contribution >= 0.6 is 0 Å². The van der Waals surface area contributed by atoms with Crippen molar-refractivity contribution >= 4 is 17.7 Å². The summed E-state index contributed by atoms with van der Waals surface area (Å²) in [6, 6.07) is 18.0. The summed E-state index contributed by atoms with van der Waals surface area (Å²) in [7, 11) is 1.47. The van der Waals surface area contributed by atoms with Gasteiger partial charge >= 0.3 is 0 Å². The van der Waals surface area contributed by atoms with Gasteiger partial charge in [0.15, 0.2) is 11.5 Å². The Labute approximate surface area is 178 Å². The number of nitriles is 1. The molecule has 156 valence electrons. The van der Waals surface area contributed by atoms with Gasteiger partial charge < -0.3 is 14.8 Å². The summed E-state index contributed by atoms with van der Waals surface area (Å²) >= 11 is 0. The lowest BCUT2D eigenvalue weighted by atomic mass is 10.1. The molecular weight excluding hydrogens is 402 g/mol. The molecule has 0 atom stereocenters. The Morgan fingerprint density at radius 2 is 1.65 bits per heavy atom. The maximum atomic E-state index is 13.0. The Morgan fingerprint density at radius 1 is 1.00 bits per heavy atom. The van der Waals surface area contributed by atoms with Crippen LogP contribution in [0, 0.1) is 23.0 Å². The van der Waals surface area contributed by atoms with E-state index in [0.29, 0.717) is 22.7 Å². The van der Waals surface area contributed by atoms with E-state index in [4.69, 9.17) is 9.47 Å². The Balaban J connectivity index is 1.74. The number of benzene rings is 3. The van der Waals surface area contributed by atoms with E-state index in [1.807, 2.05) is 6.07 Å². The molecule has 0 saturated carbocycles. The molecule has 0 radical (unpaired) electrons.